The van der Waals surface area contributed by atoms with Gasteiger partial charge in [0.25, 0.3) is 5.91 Å². The largest absolute Gasteiger partial charge is 0.497 e. The van der Waals surface area contributed by atoms with Crippen molar-refractivity contribution in [1.82, 2.24) is 14.2 Å². The molecule has 3 unspecified atom stereocenters. The summed E-state index contributed by atoms with van der Waals surface area (Å²) < 4.78 is 20.0. The number of carbonyl (C=O) groups excluding carboxylic acids is 1. The van der Waals surface area contributed by atoms with E-state index in [1.165, 1.54) is 31.0 Å². The molecule has 1 aromatic heterocycles. The van der Waals surface area contributed by atoms with Crippen molar-refractivity contribution in [2.75, 3.05) is 46.9 Å². The summed E-state index contributed by atoms with van der Waals surface area (Å²) in [7, 11) is 3.29. The fourth-order valence-corrected chi connectivity index (χ4v) is 8.53. The number of hydrogen-bond donors (Lipinski definition) is 0. The van der Waals surface area contributed by atoms with E-state index < -0.39 is 0 Å². The molecule has 3 heterocycles. The van der Waals surface area contributed by atoms with Crippen LogP contribution in [0.25, 0.3) is 17.4 Å². The number of methoxy groups -OCH3 is 2. The summed E-state index contributed by atoms with van der Waals surface area (Å²) in [6.45, 7) is 5.01. The first-order valence-electron chi connectivity index (χ1n) is 15.2. The van der Waals surface area contributed by atoms with E-state index in [9.17, 15) is 4.79 Å². The van der Waals surface area contributed by atoms with Crippen LogP contribution < -0.4 is 9.47 Å². The molecule has 2 saturated carbocycles. The molecule has 10 heteroatoms. The number of halogens is 1. The number of thiocarbonyl (C=S) groups is 1. The van der Waals surface area contributed by atoms with Crippen molar-refractivity contribution < 1.29 is 18.7 Å². The van der Waals surface area contributed by atoms with Gasteiger partial charge in [-0.25, -0.2) is 4.42 Å². The maximum atomic E-state index is 13.7. The van der Waals surface area contributed by atoms with Crippen molar-refractivity contribution in [3.8, 4) is 22.8 Å². The third kappa shape index (κ3) is 6.55. The van der Waals surface area contributed by atoms with E-state index in [0.29, 0.717) is 26.6 Å². The Hall–Kier alpha value is -2.04. The Morgan fingerprint density at radius 3 is 2.45 bits per heavy atom. The highest BCUT2D eigenvalue weighted by Crippen LogP contribution is 2.49. The first-order chi connectivity index (χ1) is 20.4. The number of nitrogens with zero attached hydrogens (tertiary/aromatic N) is 3. The van der Waals surface area contributed by atoms with Gasteiger partial charge in [-0.1, -0.05) is 36.8 Å². The molecule has 4 aliphatic rings. The van der Waals surface area contributed by atoms with Crippen LogP contribution in [0.3, 0.4) is 0 Å². The Morgan fingerprint density at radius 1 is 1.02 bits per heavy atom. The number of amides is 1. The predicted octanol–water partition coefficient (Wildman–Crippen LogP) is 6.84. The topological polar surface area (TPSA) is 58.4 Å². The van der Waals surface area contributed by atoms with E-state index in [-0.39, 0.29) is 11.9 Å². The van der Waals surface area contributed by atoms with Crippen LogP contribution in [-0.2, 0) is 11.2 Å². The Kier molecular flexibility index (Phi) is 9.50. The summed E-state index contributed by atoms with van der Waals surface area (Å²) in [5.74, 6) is 4.24. The lowest BCUT2D eigenvalue weighted by Gasteiger charge is -2.30. The minimum Gasteiger partial charge on any atom is -0.497 e. The Bertz CT molecular complexity index is 1320. The number of fused-ring (bicyclic) bond motifs is 2. The van der Waals surface area contributed by atoms with Crippen LogP contribution in [0.15, 0.2) is 33.6 Å². The number of carbonyl (C=O) groups is 1. The number of thioether (sulfide) groups is 1. The Morgan fingerprint density at radius 2 is 1.79 bits per heavy atom. The predicted molar refractivity (Wildman–Crippen MR) is 173 cm³/mol. The van der Waals surface area contributed by atoms with E-state index in [2.05, 4.69) is 11.0 Å². The first kappa shape index (κ1) is 30.0. The lowest BCUT2D eigenvalue weighted by Crippen LogP contribution is -2.42. The third-order valence-electron chi connectivity index (χ3n) is 9.33. The highest BCUT2D eigenvalue weighted by molar-refractivity contribution is 8.26. The Balaban J connectivity index is 1.20. The monoisotopic (exact) mass is 629 g/mol. The maximum absolute atomic E-state index is 13.7. The van der Waals surface area contributed by atoms with Gasteiger partial charge in [0.1, 0.15) is 27.3 Å². The summed E-state index contributed by atoms with van der Waals surface area (Å²) >= 11 is 13.3. The number of piperazine rings is 1. The van der Waals surface area contributed by atoms with Crippen LogP contribution in [0, 0.1) is 11.8 Å². The standard InChI is InChI=1S/C32H40ClN3O4S2/c1-38-25-16-24(17-26(19-25)39-2)28-18-23(6-4-3-5-9-34-10-12-35(33)13-11-34)29(40-28)20-30-31(37)36(32(41)42-30)27-15-21-7-8-22(27)14-21/h16-22,27H,3-15H2,1-2H3/b30-20-. The van der Waals surface area contributed by atoms with Gasteiger partial charge in [-0.3, -0.25) is 9.69 Å². The lowest BCUT2D eigenvalue weighted by molar-refractivity contribution is -0.124. The molecule has 7 nitrogen and oxygen atoms in total. The number of aryl methyl sites for hydroxylation is 1. The van der Waals surface area contributed by atoms with E-state index >= 15 is 0 Å². The van der Waals surface area contributed by atoms with Gasteiger partial charge in [-0.2, -0.15) is 0 Å². The van der Waals surface area contributed by atoms with Gasteiger partial charge in [0.2, 0.25) is 0 Å². The minimum absolute atomic E-state index is 0.0338. The SMILES string of the molecule is COc1cc(OC)cc(-c2cc(CCCCCN3CCN(Cl)CC3)c(/C=C3\SC(=S)N(C4CC5CCC4C5)C3=O)o2)c1. The van der Waals surface area contributed by atoms with Crippen LogP contribution in [0.2, 0.25) is 0 Å². The highest BCUT2D eigenvalue weighted by atomic mass is 35.5. The molecule has 2 saturated heterocycles. The molecule has 4 fully saturated rings. The molecule has 2 aliphatic heterocycles. The number of hydrogen-bond acceptors (Lipinski definition) is 8. The van der Waals surface area contributed by atoms with Gasteiger partial charge in [-0.15, -0.1) is 0 Å². The number of unbranched alkanes of at least 4 members (excludes halogenated alkanes) is 2. The molecule has 6 rings (SSSR count). The summed E-state index contributed by atoms with van der Waals surface area (Å²) in [5.41, 5.74) is 1.98. The van der Waals surface area contributed by atoms with E-state index in [4.69, 9.17) is 37.9 Å². The molecule has 0 radical (unpaired) electrons. The molecule has 2 aliphatic carbocycles. The van der Waals surface area contributed by atoms with E-state index in [1.807, 2.05) is 33.6 Å². The van der Waals surface area contributed by atoms with Gasteiger partial charge < -0.3 is 18.8 Å². The molecule has 1 aromatic carbocycles. The number of furan rings is 1. The molecular formula is C32H40ClN3O4S2. The molecule has 2 bridgehead atoms. The zero-order valence-corrected chi connectivity index (χ0v) is 26.9. The molecule has 1 amide bonds. The fraction of sp³-hybridized carbons (Fsp3) is 0.562. The minimum atomic E-state index is 0.0338. The van der Waals surface area contributed by atoms with Gasteiger partial charge in [0.05, 0.1) is 19.1 Å². The second-order valence-corrected chi connectivity index (χ2v) is 14.1. The molecule has 0 N–H and O–H groups in total. The quantitative estimate of drug-likeness (QED) is 0.116. The van der Waals surface area contributed by atoms with Crippen molar-refractivity contribution in [3.05, 3.63) is 40.5 Å². The first-order valence-corrected chi connectivity index (χ1v) is 16.7. The van der Waals surface area contributed by atoms with Crippen molar-refractivity contribution in [2.45, 2.75) is 57.4 Å². The lowest BCUT2D eigenvalue weighted by atomic mass is 9.94. The molecule has 3 atom stereocenters. The summed E-state index contributed by atoms with van der Waals surface area (Å²) in [4.78, 5) is 18.7. The van der Waals surface area contributed by atoms with Crippen molar-refractivity contribution in [1.29, 1.82) is 0 Å². The highest BCUT2D eigenvalue weighted by Gasteiger charge is 2.48. The second kappa shape index (κ2) is 13.3. The normalized spacial score (nSPS) is 25.7. The van der Waals surface area contributed by atoms with Gasteiger partial charge >= 0.3 is 0 Å². The average Bonchev–Trinajstić information content (AvgIpc) is 3.78. The van der Waals surface area contributed by atoms with Crippen molar-refractivity contribution >= 4 is 52.1 Å². The molecule has 0 spiro atoms. The summed E-state index contributed by atoms with van der Waals surface area (Å²) in [5, 5.41) is 0. The molecular weight excluding hydrogens is 590 g/mol. The van der Waals surface area contributed by atoms with Crippen molar-refractivity contribution in [3.63, 3.8) is 0 Å². The van der Waals surface area contributed by atoms with Gasteiger partial charge in [0.15, 0.2) is 0 Å². The number of benzene rings is 1. The van der Waals surface area contributed by atoms with E-state index in [0.717, 1.165) is 93.4 Å². The van der Waals surface area contributed by atoms with E-state index in [1.54, 1.807) is 14.2 Å². The second-order valence-electron chi connectivity index (χ2n) is 12.0. The fourth-order valence-electron chi connectivity index (χ4n) is 7.04. The number of ether oxygens (including phenoxy) is 2. The number of rotatable bonds is 11. The summed E-state index contributed by atoms with van der Waals surface area (Å²) in [6, 6.07) is 8.11. The van der Waals surface area contributed by atoms with Crippen LogP contribution >= 0.6 is 35.8 Å². The molecule has 226 valence electrons. The van der Waals surface area contributed by atoms with Crippen LogP contribution in [0.4, 0.5) is 0 Å². The maximum Gasteiger partial charge on any atom is 0.266 e. The summed E-state index contributed by atoms with van der Waals surface area (Å²) in [6.07, 6.45) is 10.9. The van der Waals surface area contributed by atoms with Crippen LogP contribution in [-0.4, -0.2) is 77.4 Å². The Labute approximate surface area is 263 Å². The third-order valence-corrected chi connectivity index (χ3v) is 11.0. The molecule has 2 aromatic rings. The average molecular weight is 630 g/mol. The smallest absolute Gasteiger partial charge is 0.266 e. The van der Waals surface area contributed by atoms with Crippen molar-refractivity contribution in [2.24, 2.45) is 11.8 Å². The van der Waals surface area contributed by atoms with Gasteiger partial charge in [-0.05, 0) is 92.4 Å². The zero-order valence-electron chi connectivity index (χ0n) is 24.5. The van der Waals surface area contributed by atoms with Crippen LogP contribution in [0.1, 0.15) is 56.3 Å². The zero-order chi connectivity index (χ0) is 29.2. The van der Waals surface area contributed by atoms with Gasteiger partial charge in [0, 0.05) is 49.9 Å². The molecule has 42 heavy (non-hydrogen) atoms. The van der Waals surface area contributed by atoms with Crippen LogP contribution in [0.5, 0.6) is 11.5 Å².